The summed E-state index contributed by atoms with van der Waals surface area (Å²) in [6, 6.07) is 6.17. The van der Waals surface area contributed by atoms with Gasteiger partial charge in [-0.1, -0.05) is 17.7 Å². The van der Waals surface area contributed by atoms with Gasteiger partial charge in [0.05, 0.1) is 11.6 Å². The minimum absolute atomic E-state index is 0.273. The number of nitrogens with zero attached hydrogens (tertiary/aromatic N) is 2. The van der Waals surface area contributed by atoms with Crippen molar-refractivity contribution in [3.63, 3.8) is 0 Å². The minimum Gasteiger partial charge on any atom is -0.490 e. The first kappa shape index (κ1) is 14.9. The maximum atomic E-state index is 6.25. The Balaban J connectivity index is 1.95. The zero-order valence-electron chi connectivity index (χ0n) is 12.1. The molecule has 1 heterocycles. The molecule has 20 heavy (non-hydrogen) atoms. The maximum Gasteiger partial charge on any atom is 0.137 e. The number of aryl methyl sites for hydroxylation is 1. The monoisotopic (exact) mass is 293 g/mol. The average Bonchev–Trinajstić information content (AvgIpc) is 2.85. The molecular weight excluding hydrogens is 274 g/mol. The molecule has 1 atom stereocenters. The molecule has 5 heteroatoms. The zero-order chi connectivity index (χ0) is 14.5. The summed E-state index contributed by atoms with van der Waals surface area (Å²) in [7, 11) is 1.93. The first-order valence-electron chi connectivity index (χ1n) is 6.69. The van der Waals surface area contributed by atoms with Crippen molar-refractivity contribution < 1.29 is 4.74 Å². The fourth-order valence-electron chi connectivity index (χ4n) is 1.96. The number of hydrogen-bond acceptors (Lipinski definition) is 3. The van der Waals surface area contributed by atoms with Crippen molar-refractivity contribution in [2.24, 2.45) is 0 Å². The summed E-state index contributed by atoms with van der Waals surface area (Å²) in [6.07, 6.45) is 3.73. The molecule has 0 fully saturated rings. The number of benzene rings is 1. The highest BCUT2D eigenvalue weighted by molar-refractivity contribution is 6.32. The van der Waals surface area contributed by atoms with Gasteiger partial charge in [-0.05, 0) is 38.6 Å². The van der Waals surface area contributed by atoms with Gasteiger partial charge in [-0.3, -0.25) is 0 Å². The molecule has 1 unspecified atom stereocenters. The van der Waals surface area contributed by atoms with Crippen LogP contribution in [-0.4, -0.2) is 23.2 Å². The van der Waals surface area contributed by atoms with E-state index in [9.17, 15) is 0 Å². The number of aromatic nitrogens is 2. The van der Waals surface area contributed by atoms with Gasteiger partial charge in [0.15, 0.2) is 0 Å². The van der Waals surface area contributed by atoms with Crippen molar-refractivity contribution in [2.45, 2.75) is 26.4 Å². The van der Waals surface area contributed by atoms with E-state index in [0.717, 1.165) is 23.7 Å². The topological polar surface area (TPSA) is 39.1 Å². The Morgan fingerprint density at radius 1 is 1.45 bits per heavy atom. The number of halogens is 1. The molecule has 0 aliphatic rings. The van der Waals surface area contributed by atoms with Crippen LogP contribution in [0.25, 0.3) is 0 Å². The van der Waals surface area contributed by atoms with E-state index < -0.39 is 0 Å². The van der Waals surface area contributed by atoms with Crippen LogP contribution in [0, 0.1) is 6.92 Å². The largest absolute Gasteiger partial charge is 0.490 e. The van der Waals surface area contributed by atoms with Crippen molar-refractivity contribution in [2.75, 3.05) is 13.7 Å². The molecule has 1 aromatic carbocycles. The predicted octanol–water partition coefficient (Wildman–Crippen LogP) is 3.20. The van der Waals surface area contributed by atoms with Gasteiger partial charge in [0.25, 0.3) is 0 Å². The molecule has 0 aliphatic carbocycles. The van der Waals surface area contributed by atoms with Crippen LogP contribution in [0.4, 0.5) is 0 Å². The van der Waals surface area contributed by atoms with E-state index in [1.165, 1.54) is 0 Å². The lowest BCUT2D eigenvalue weighted by Gasteiger charge is -2.14. The van der Waals surface area contributed by atoms with Crippen LogP contribution >= 0.6 is 11.6 Å². The summed E-state index contributed by atoms with van der Waals surface area (Å²) in [5.74, 6) is 1.70. The Morgan fingerprint density at radius 3 is 2.85 bits per heavy atom. The van der Waals surface area contributed by atoms with Gasteiger partial charge < -0.3 is 14.6 Å². The van der Waals surface area contributed by atoms with Crippen molar-refractivity contribution in [3.8, 4) is 5.75 Å². The van der Waals surface area contributed by atoms with Crippen LogP contribution < -0.4 is 10.1 Å². The normalized spacial score (nSPS) is 12.4. The van der Waals surface area contributed by atoms with Crippen LogP contribution in [0.2, 0.25) is 5.02 Å². The van der Waals surface area contributed by atoms with Gasteiger partial charge in [0, 0.05) is 18.4 Å². The van der Waals surface area contributed by atoms with Crippen LogP contribution in [0.5, 0.6) is 5.75 Å². The molecule has 1 aromatic heterocycles. The van der Waals surface area contributed by atoms with Gasteiger partial charge in [0.2, 0.25) is 0 Å². The van der Waals surface area contributed by atoms with Gasteiger partial charge in [0.1, 0.15) is 18.2 Å². The third kappa shape index (κ3) is 3.52. The van der Waals surface area contributed by atoms with E-state index in [0.29, 0.717) is 11.6 Å². The van der Waals surface area contributed by atoms with E-state index >= 15 is 0 Å². The summed E-state index contributed by atoms with van der Waals surface area (Å²) < 4.78 is 7.78. The van der Waals surface area contributed by atoms with Crippen molar-refractivity contribution in [1.29, 1.82) is 0 Å². The lowest BCUT2D eigenvalue weighted by molar-refractivity contribution is 0.297. The molecule has 0 bridgehead atoms. The lowest BCUT2D eigenvalue weighted by atomic mass is 10.1. The highest BCUT2D eigenvalue weighted by atomic mass is 35.5. The van der Waals surface area contributed by atoms with Crippen LogP contribution in [0.1, 0.15) is 24.4 Å². The minimum atomic E-state index is 0.273. The zero-order valence-corrected chi connectivity index (χ0v) is 12.8. The second-order valence-corrected chi connectivity index (χ2v) is 5.12. The molecule has 108 valence electrons. The molecule has 4 nitrogen and oxygen atoms in total. The van der Waals surface area contributed by atoms with Crippen molar-refractivity contribution >= 4 is 11.6 Å². The molecule has 0 aliphatic heterocycles. The van der Waals surface area contributed by atoms with E-state index in [1.807, 2.05) is 42.9 Å². The van der Waals surface area contributed by atoms with Gasteiger partial charge in [-0.15, -0.1) is 0 Å². The molecule has 1 N–H and O–H groups in total. The SMILES string of the molecule is CNC(C)c1ccc(OCCn2ccnc2C)c(Cl)c1. The van der Waals surface area contributed by atoms with E-state index in [2.05, 4.69) is 17.2 Å². The summed E-state index contributed by atoms with van der Waals surface area (Å²) in [6.45, 7) is 5.39. The summed E-state index contributed by atoms with van der Waals surface area (Å²) in [4.78, 5) is 4.17. The van der Waals surface area contributed by atoms with Crippen LogP contribution in [0.3, 0.4) is 0 Å². The number of ether oxygens (including phenoxy) is 1. The Morgan fingerprint density at radius 2 is 2.25 bits per heavy atom. The molecule has 0 amide bonds. The molecule has 0 saturated heterocycles. The predicted molar refractivity (Wildman–Crippen MR) is 81.4 cm³/mol. The quantitative estimate of drug-likeness (QED) is 0.889. The highest BCUT2D eigenvalue weighted by Crippen LogP contribution is 2.27. The van der Waals surface area contributed by atoms with Crippen LogP contribution in [0.15, 0.2) is 30.6 Å². The smallest absolute Gasteiger partial charge is 0.137 e. The fourth-order valence-corrected chi connectivity index (χ4v) is 2.21. The molecule has 2 rings (SSSR count). The third-order valence-electron chi connectivity index (χ3n) is 3.40. The number of nitrogens with one attached hydrogen (secondary N) is 1. The Bertz CT molecular complexity index is 568. The van der Waals surface area contributed by atoms with Crippen molar-refractivity contribution in [1.82, 2.24) is 14.9 Å². The Hall–Kier alpha value is -1.52. The van der Waals surface area contributed by atoms with Gasteiger partial charge in [-0.2, -0.15) is 0 Å². The Labute approximate surface area is 124 Å². The van der Waals surface area contributed by atoms with Gasteiger partial charge in [-0.25, -0.2) is 4.98 Å². The second kappa shape index (κ2) is 6.77. The van der Waals surface area contributed by atoms with E-state index in [4.69, 9.17) is 16.3 Å². The molecule has 0 spiro atoms. The standard InChI is InChI=1S/C15H20ClN3O/c1-11(17-3)13-4-5-15(14(16)10-13)20-9-8-19-7-6-18-12(19)2/h4-7,10-11,17H,8-9H2,1-3H3. The summed E-state index contributed by atoms with van der Waals surface area (Å²) >= 11 is 6.25. The third-order valence-corrected chi connectivity index (χ3v) is 3.70. The number of hydrogen-bond donors (Lipinski definition) is 1. The first-order valence-corrected chi connectivity index (χ1v) is 7.07. The maximum absolute atomic E-state index is 6.25. The molecular formula is C15H20ClN3O. The number of imidazole rings is 1. The highest BCUT2D eigenvalue weighted by Gasteiger charge is 2.07. The van der Waals surface area contributed by atoms with E-state index in [1.54, 1.807) is 6.20 Å². The fraction of sp³-hybridized carbons (Fsp3) is 0.400. The van der Waals surface area contributed by atoms with E-state index in [-0.39, 0.29) is 6.04 Å². The molecule has 0 saturated carbocycles. The van der Waals surface area contributed by atoms with Gasteiger partial charge >= 0.3 is 0 Å². The second-order valence-electron chi connectivity index (χ2n) is 4.72. The number of rotatable bonds is 6. The Kier molecular flexibility index (Phi) is 5.04. The summed E-state index contributed by atoms with van der Waals surface area (Å²) in [5.41, 5.74) is 1.15. The average molecular weight is 294 g/mol. The van der Waals surface area contributed by atoms with Crippen LogP contribution in [-0.2, 0) is 6.54 Å². The van der Waals surface area contributed by atoms with Crippen molar-refractivity contribution in [3.05, 3.63) is 47.0 Å². The molecule has 0 radical (unpaired) electrons. The summed E-state index contributed by atoms with van der Waals surface area (Å²) in [5, 5.41) is 3.83. The first-order chi connectivity index (χ1) is 9.61. The lowest BCUT2D eigenvalue weighted by Crippen LogP contribution is -2.12. The molecule has 2 aromatic rings.